The number of amides is 1. The summed E-state index contributed by atoms with van der Waals surface area (Å²) in [5.41, 5.74) is 1.78. The number of benzene rings is 1. The van der Waals surface area contributed by atoms with Crippen LogP contribution in [-0.2, 0) is 11.3 Å². The van der Waals surface area contributed by atoms with Crippen molar-refractivity contribution >= 4 is 17.5 Å². The Labute approximate surface area is 145 Å². The van der Waals surface area contributed by atoms with Gasteiger partial charge in [-0.15, -0.1) is 5.10 Å². The van der Waals surface area contributed by atoms with E-state index in [0.717, 1.165) is 24.5 Å². The van der Waals surface area contributed by atoms with Gasteiger partial charge >= 0.3 is 0 Å². The summed E-state index contributed by atoms with van der Waals surface area (Å²) in [6.07, 6.45) is 0.965. The van der Waals surface area contributed by atoms with Crippen molar-refractivity contribution in [3.05, 3.63) is 41.2 Å². The van der Waals surface area contributed by atoms with Crippen molar-refractivity contribution in [3.63, 3.8) is 0 Å². The number of nitrogens with zero attached hydrogens (tertiary/aromatic N) is 5. The zero-order valence-corrected chi connectivity index (χ0v) is 14.2. The third kappa shape index (κ3) is 3.92. The van der Waals surface area contributed by atoms with Crippen molar-refractivity contribution < 1.29 is 9.90 Å². The number of aliphatic hydroxyl groups is 1. The minimum Gasteiger partial charge on any atom is -0.384 e. The largest absolute Gasteiger partial charge is 0.384 e. The molecule has 1 saturated heterocycles. The molecule has 3 rings (SSSR count). The molecule has 1 fully saturated rings. The number of halogens is 1. The number of hydrogen-bond donors (Lipinski definition) is 1. The van der Waals surface area contributed by atoms with Crippen LogP contribution in [0.2, 0.25) is 5.02 Å². The number of aromatic nitrogens is 3. The highest BCUT2D eigenvalue weighted by Gasteiger charge is 2.24. The maximum absolute atomic E-state index is 11.8. The van der Waals surface area contributed by atoms with Crippen molar-refractivity contribution in [2.24, 2.45) is 0 Å². The van der Waals surface area contributed by atoms with Crippen LogP contribution < -0.4 is 0 Å². The van der Waals surface area contributed by atoms with Gasteiger partial charge in [0.15, 0.2) is 0 Å². The zero-order chi connectivity index (χ0) is 17.1. The van der Waals surface area contributed by atoms with E-state index in [1.807, 2.05) is 30.5 Å². The van der Waals surface area contributed by atoms with E-state index in [4.69, 9.17) is 11.6 Å². The van der Waals surface area contributed by atoms with E-state index in [1.165, 1.54) is 6.92 Å². The molecule has 1 unspecified atom stereocenters. The SMILES string of the molecule is CC(O)C(=O)N1CCN(Cc2cn(-c3ccc(Cl)cc3)nn2)CC1. The second kappa shape index (κ2) is 7.29. The molecule has 0 spiro atoms. The maximum atomic E-state index is 11.8. The van der Waals surface area contributed by atoms with Gasteiger partial charge in [-0.3, -0.25) is 9.69 Å². The number of rotatable bonds is 4. The van der Waals surface area contributed by atoms with Gasteiger partial charge in [0.2, 0.25) is 0 Å². The predicted molar refractivity (Wildman–Crippen MR) is 89.9 cm³/mol. The molecule has 1 aliphatic rings. The van der Waals surface area contributed by atoms with Gasteiger partial charge < -0.3 is 10.0 Å². The summed E-state index contributed by atoms with van der Waals surface area (Å²) >= 11 is 5.89. The number of carbonyl (C=O) groups is 1. The lowest BCUT2D eigenvalue weighted by Gasteiger charge is -2.34. The Hall–Kier alpha value is -1.96. The Morgan fingerprint density at radius 2 is 1.92 bits per heavy atom. The average Bonchev–Trinajstić information content (AvgIpc) is 3.04. The summed E-state index contributed by atoms with van der Waals surface area (Å²) in [5, 5.41) is 18.4. The molecule has 2 heterocycles. The quantitative estimate of drug-likeness (QED) is 0.889. The Morgan fingerprint density at radius 1 is 1.25 bits per heavy atom. The standard InChI is InChI=1S/C16H20ClN5O2/c1-12(23)16(24)21-8-6-20(7-9-21)10-14-11-22(19-18-14)15-4-2-13(17)3-5-15/h2-5,11-12,23H,6-10H2,1H3. The normalized spacial score (nSPS) is 17.0. The van der Waals surface area contributed by atoms with Crippen LogP contribution in [0.4, 0.5) is 0 Å². The molecule has 2 aromatic rings. The lowest BCUT2D eigenvalue weighted by Crippen LogP contribution is -2.50. The van der Waals surface area contributed by atoms with Gasteiger partial charge in [-0.05, 0) is 31.2 Å². The van der Waals surface area contributed by atoms with Gasteiger partial charge in [-0.25, -0.2) is 4.68 Å². The highest BCUT2D eigenvalue weighted by atomic mass is 35.5. The van der Waals surface area contributed by atoms with Crippen LogP contribution in [0.25, 0.3) is 5.69 Å². The fraction of sp³-hybridized carbons (Fsp3) is 0.438. The first kappa shape index (κ1) is 16.9. The molecule has 0 aliphatic carbocycles. The summed E-state index contributed by atoms with van der Waals surface area (Å²) < 4.78 is 1.72. The lowest BCUT2D eigenvalue weighted by atomic mass is 10.2. The lowest BCUT2D eigenvalue weighted by molar-refractivity contribution is -0.141. The Bertz CT molecular complexity index is 693. The van der Waals surface area contributed by atoms with E-state index in [9.17, 15) is 9.90 Å². The summed E-state index contributed by atoms with van der Waals surface area (Å²) in [7, 11) is 0. The van der Waals surface area contributed by atoms with E-state index in [2.05, 4.69) is 15.2 Å². The molecular weight excluding hydrogens is 330 g/mol. The van der Waals surface area contributed by atoms with Gasteiger partial charge in [0, 0.05) is 37.7 Å². The summed E-state index contributed by atoms with van der Waals surface area (Å²) in [4.78, 5) is 15.7. The molecular formula is C16H20ClN5O2. The number of carbonyl (C=O) groups excluding carboxylic acids is 1. The second-order valence-electron chi connectivity index (χ2n) is 5.91. The van der Waals surface area contributed by atoms with Crippen LogP contribution in [0, 0.1) is 0 Å². The fourth-order valence-corrected chi connectivity index (χ4v) is 2.84. The van der Waals surface area contributed by atoms with Crippen LogP contribution in [0.1, 0.15) is 12.6 Å². The summed E-state index contributed by atoms with van der Waals surface area (Å²) in [5.74, 6) is -0.205. The monoisotopic (exact) mass is 349 g/mol. The van der Waals surface area contributed by atoms with Gasteiger partial charge in [-0.2, -0.15) is 0 Å². The van der Waals surface area contributed by atoms with E-state index in [0.29, 0.717) is 24.7 Å². The van der Waals surface area contributed by atoms with Crippen LogP contribution in [0.15, 0.2) is 30.5 Å². The number of piperazine rings is 1. The maximum Gasteiger partial charge on any atom is 0.251 e. The molecule has 24 heavy (non-hydrogen) atoms. The third-order valence-electron chi connectivity index (χ3n) is 4.06. The molecule has 7 nitrogen and oxygen atoms in total. The third-order valence-corrected chi connectivity index (χ3v) is 4.31. The summed E-state index contributed by atoms with van der Waals surface area (Å²) in [6.45, 7) is 4.94. The molecule has 0 bridgehead atoms. The molecule has 1 aromatic carbocycles. The van der Waals surface area contributed by atoms with Crippen molar-refractivity contribution in [3.8, 4) is 5.69 Å². The average molecular weight is 350 g/mol. The van der Waals surface area contributed by atoms with Gasteiger partial charge in [0.1, 0.15) is 6.10 Å². The number of hydrogen-bond acceptors (Lipinski definition) is 5. The van der Waals surface area contributed by atoms with Crippen molar-refractivity contribution in [1.29, 1.82) is 0 Å². The highest BCUT2D eigenvalue weighted by Crippen LogP contribution is 2.14. The van der Waals surface area contributed by atoms with Crippen LogP contribution >= 0.6 is 11.6 Å². The zero-order valence-electron chi connectivity index (χ0n) is 13.5. The van der Waals surface area contributed by atoms with Crippen molar-refractivity contribution in [2.75, 3.05) is 26.2 Å². The number of aliphatic hydroxyl groups excluding tert-OH is 1. The van der Waals surface area contributed by atoms with Crippen LogP contribution in [-0.4, -0.2) is 68.1 Å². The Balaban J connectivity index is 1.56. The fourth-order valence-electron chi connectivity index (χ4n) is 2.71. The molecule has 1 aliphatic heterocycles. The molecule has 0 radical (unpaired) electrons. The minimum atomic E-state index is -0.934. The molecule has 128 valence electrons. The van der Waals surface area contributed by atoms with Crippen molar-refractivity contribution in [2.45, 2.75) is 19.6 Å². The first-order chi connectivity index (χ1) is 11.5. The highest BCUT2D eigenvalue weighted by molar-refractivity contribution is 6.30. The molecule has 1 amide bonds. The van der Waals surface area contributed by atoms with Gasteiger partial charge in [0.25, 0.3) is 5.91 Å². The Kier molecular flexibility index (Phi) is 5.13. The van der Waals surface area contributed by atoms with Crippen LogP contribution in [0.3, 0.4) is 0 Å². The van der Waals surface area contributed by atoms with Crippen LogP contribution in [0.5, 0.6) is 0 Å². The molecule has 0 saturated carbocycles. The molecule has 1 N–H and O–H groups in total. The molecule has 8 heteroatoms. The predicted octanol–water partition coefficient (Wildman–Crippen LogP) is 0.946. The Morgan fingerprint density at radius 3 is 2.54 bits per heavy atom. The first-order valence-corrected chi connectivity index (χ1v) is 8.27. The van der Waals surface area contributed by atoms with Gasteiger partial charge in [0.05, 0.1) is 17.6 Å². The molecule has 1 atom stereocenters. The minimum absolute atomic E-state index is 0.205. The van der Waals surface area contributed by atoms with E-state index >= 15 is 0 Å². The van der Waals surface area contributed by atoms with E-state index in [-0.39, 0.29) is 5.91 Å². The van der Waals surface area contributed by atoms with Gasteiger partial charge in [-0.1, -0.05) is 16.8 Å². The summed E-state index contributed by atoms with van der Waals surface area (Å²) in [6, 6.07) is 7.41. The second-order valence-corrected chi connectivity index (χ2v) is 6.34. The molecule has 1 aromatic heterocycles. The van der Waals surface area contributed by atoms with E-state index in [1.54, 1.807) is 9.58 Å². The van der Waals surface area contributed by atoms with Crippen molar-refractivity contribution in [1.82, 2.24) is 24.8 Å². The first-order valence-electron chi connectivity index (χ1n) is 7.89. The van der Waals surface area contributed by atoms with E-state index < -0.39 is 6.10 Å². The smallest absolute Gasteiger partial charge is 0.251 e. The topological polar surface area (TPSA) is 74.5 Å².